The maximum absolute atomic E-state index is 15.3. The molecule has 1 unspecified atom stereocenters. The van der Waals surface area contributed by atoms with Gasteiger partial charge >= 0.3 is 0 Å². The lowest BCUT2D eigenvalue weighted by atomic mass is 9.91. The van der Waals surface area contributed by atoms with Crippen molar-refractivity contribution < 1.29 is 67.3 Å². The Labute approximate surface area is 562 Å². The predicted molar refractivity (Wildman–Crippen MR) is 361 cm³/mol. The van der Waals surface area contributed by atoms with E-state index >= 15 is 28.8 Å². The largest absolute Gasteiger partial charge is 0.390 e. The molecule has 11 amide bonds. The van der Waals surface area contributed by atoms with Crippen LogP contribution in [0.2, 0.25) is 0 Å². The van der Waals surface area contributed by atoms with Gasteiger partial charge in [-0.15, -0.1) is 0 Å². The maximum atomic E-state index is 15.3. The number of rotatable bonds is 18. The Balaban J connectivity index is 3.06. The third-order valence-electron chi connectivity index (χ3n) is 18.4. The number of nitrogens with zero attached hydrogens (tertiary/aromatic N) is 8. The van der Waals surface area contributed by atoms with Crippen molar-refractivity contribution in [2.75, 3.05) is 89.3 Å². The summed E-state index contributed by atoms with van der Waals surface area (Å²) in [7, 11) is 11.5. The molecule has 0 aromatic carbocycles. The molecular formula is C68H122N12O14. The van der Waals surface area contributed by atoms with Gasteiger partial charge in [0.15, 0.2) is 0 Å². The highest BCUT2D eigenvalue weighted by Gasteiger charge is 2.47. The van der Waals surface area contributed by atoms with Crippen molar-refractivity contribution in [2.24, 2.45) is 41.4 Å². The molecule has 94 heavy (non-hydrogen) atoms. The first kappa shape index (κ1) is 83.8. The fourth-order valence-corrected chi connectivity index (χ4v) is 12.5. The molecule has 5 N–H and O–H groups in total. The summed E-state index contributed by atoms with van der Waals surface area (Å²) < 4.78 is 11.3. The number of aliphatic hydroxyl groups excluding tert-OH is 1. The van der Waals surface area contributed by atoms with Gasteiger partial charge in [-0.25, -0.2) is 0 Å². The van der Waals surface area contributed by atoms with Crippen LogP contribution in [0.15, 0.2) is 12.2 Å². The van der Waals surface area contributed by atoms with Crippen LogP contribution in [0.1, 0.15) is 150 Å². The average molecular weight is 1330 g/mol. The van der Waals surface area contributed by atoms with Crippen LogP contribution in [-0.2, 0) is 62.2 Å². The van der Waals surface area contributed by atoms with Crippen LogP contribution in [0, 0.1) is 41.4 Å². The minimum absolute atomic E-state index is 0.00489. The van der Waals surface area contributed by atoms with E-state index in [1.54, 1.807) is 68.6 Å². The van der Waals surface area contributed by atoms with Gasteiger partial charge in [-0.05, 0) is 101 Å². The van der Waals surface area contributed by atoms with Crippen LogP contribution >= 0.6 is 0 Å². The van der Waals surface area contributed by atoms with Gasteiger partial charge in [0.25, 0.3) is 0 Å². The normalized spacial score (nSPS) is 28.5. The molecule has 0 radical (unpaired) electrons. The number of nitrogens with one attached hydrogen (secondary N) is 4. The molecule has 2 rings (SSSR count). The van der Waals surface area contributed by atoms with Gasteiger partial charge in [0, 0.05) is 76.1 Å². The first-order chi connectivity index (χ1) is 43.6. The zero-order valence-electron chi connectivity index (χ0n) is 61.6. The van der Waals surface area contributed by atoms with E-state index in [4.69, 9.17) is 9.47 Å². The van der Waals surface area contributed by atoms with E-state index in [1.807, 2.05) is 47.6 Å². The minimum atomic E-state index is -1.64. The second-order valence-electron chi connectivity index (χ2n) is 28.5. The highest BCUT2D eigenvalue weighted by Crippen LogP contribution is 2.26. The van der Waals surface area contributed by atoms with Gasteiger partial charge in [-0.2, -0.15) is 0 Å². The van der Waals surface area contributed by atoms with Gasteiger partial charge in [0.1, 0.15) is 66.5 Å². The van der Waals surface area contributed by atoms with Crippen molar-refractivity contribution in [2.45, 2.75) is 228 Å². The number of aliphatic hydroxyl groups is 1. The molecule has 0 aliphatic carbocycles. The van der Waals surface area contributed by atoms with E-state index in [-0.39, 0.29) is 56.1 Å². The van der Waals surface area contributed by atoms with Crippen LogP contribution in [0.4, 0.5) is 0 Å². The number of ether oxygens (including phenoxy) is 2. The van der Waals surface area contributed by atoms with E-state index in [0.29, 0.717) is 32.7 Å². The number of carbonyl (C=O) groups is 11. The third kappa shape index (κ3) is 22.7. The summed E-state index contributed by atoms with van der Waals surface area (Å²) >= 11 is 0. The molecule has 2 fully saturated rings. The minimum Gasteiger partial charge on any atom is -0.390 e. The Kier molecular flexibility index (Phi) is 34.3. The summed E-state index contributed by atoms with van der Waals surface area (Å²) in [6, 6.07) is -14.0. The SMILES string of the molecule is C/C=C/C[C@@H](C)[C@@H](O)[C@H]1C(=O)N[C@@H](CC)C(=O)N(C)[C@H](C)C(=O)N(C)[C@@H]([C@@H](C)CN2CCOC(COC)C2)C(=O)N[C@@H](C(C)C)C(=O)N(C)[C@@H](CC(C)C)C(=O)N[C@@H](C)C(=O)N[C@H](C)C(=O)N(C)[C@@H](CC(C)C)C(=O)N(C)[C@@H](CC(C)C)C(=O)N(C)[C@@H](C(C)C)C(=O)N1C. The Morgan fingerprint density at radius 3 is 1.51 bits per heavy atom. The van der Waals surface area contributed by atoms with E-state index in [2.05, 4.69) is 26.2 Å². The predicted octanol–water partition coefficient (Wildman–Crippen LogP) is 2.59. The number of hydrogen-bond acceptors (Lipinski definition) is 15. The molecule has 26 heteroatoms. The fourth-order valence-electron chi connectivity index (χ4n) is 12.5. The second-order valence-corrected chi connectivity index (χ2v) is 28.5. The van der Waals surface area contributed by atoms with Gasteiger partial charge in [0.05, 0.1) is 25.4 Å². The van der Waals surface area contributed by atoms with Crippen molar-refractivity contribution in [1.82, 2.24) is 60.5 Å². The molecule has 26 nitrogen and oxygen atoms in total. The topological polar surface area (TPSA) is 300 Å². The van der Waals surface area contributed by atoms with Crippen LogP contribution in [0.5, 0.6) is 0 Å². The fraction of sp³-hybridized carbons (Fsp3) is 0.809. The third-order valence-corrected chi connectivity index (χ3v) is 18.4. The molecule has 2 aliphatic rings. The van der Waals surface area contributed by atoms with E-state index < -0.39 is 161 Å². The summed E-state index contributed by atoms with van der Waals surface area (Å²) in [6.07, 6.45) is 2.52. The summed E-state index contributed by atoms with van der Waals surface area (Å²) in [6.45, 7) is 31.4. The first-order valence-corrected chi connectivity index (χ1v) is 33.9. The van der Waals surface area contributed by atoms with Crippen molar-refractivity contribution in [3.8, 4) is 0 Å². The number of methoxy groups -OCH3 is 1. The standard InChI is InChI=1S/C68H122N12O14/c1-26-28-29-43(13)57(81)56-61(85)71-49(27-2)64(88)73(18)47(17)63(87)78(23)55(44(14)35-80-30-31-94-48(36-80)37-93-25)60(84)72-53(41(9)10)67(91)74(19)50(32-38(3)4)59(83)69-45(15)58(82)70-46(16)62(86)75(20)51(33-39(5)6)65(89)76(21)52(34-40(7)8)66(90)77(22)54(42(11)12)68(92)79(56)24/h26,28,38-57,81H,27,29-37H2,1-25H3,(H,69,83)(H,70,82)(H,71,85)(H,72,84)/b28-26+/t43-,44+,45+,46-,47-,48?,49+,50+,51+,52+,53+,54+,55+,56+,57-/m1/s1. The van der Waals surface area contributed by atoms with Crippen molar-refractivity contribution >= 4 is 65.0 Å². The zero-order chi connectivity index (χ0) is 72.2. The summed E-state index contributed by atoms with van der Waals surface area (Å²) in [5, 5.41) is 23.4. The number of amides is 11. The molecule has 2 saturated heterocycles. The Morgan fingerprint density at radius 2 is 1.01 bits per heavy atom. The van der Waals surface area contributed by atoms with E-state index in [0.717, 1.165) is 9.80 Å². The first-order valence-electron chi connectivity index (χ1n) is 33.9. The van der Waals surface area contributed by atoms with Crippen LogP contribution < -0.4 is 21.3 Å². The van der Waals surface area contributed by atoms with Gasteiger partial charge < -0.3 is 70.1 Å². The molecular weight excluding hydrogens is 1210 g/mol. The lowest BCUT2D eigenvalue weighted by Crippen LogP contribution is -2.64. The zero-order valence-corrected chi connectivity index (χ0v) is 61.6. The summed E-state index contributed by atoms with van der Waals surface area (Å²) in [4.78, 5) is 174. The number of hydrogen-bond donors (Lipinski definition) is 5. The number of morpholine rings is 1. The van der Waals surface area contributed by atoms with Gasteiger partial charge in [-0.3, -0.25) is 57.6 Å². The maximum Gasteiger partial charge on any atom is 0.246 e. The van der Waals surface area contributed by atoms with Crippen LogP contribution in [0.3, 0.4) is 0 Å². The average Bonchev–Trinajstić information content (AvgIpc) is 0.818. The Morgan fingerprint density at radius 1 is 0.532 bits per heavy atom. The molecule has 538 valence electrons. The van der Waals surface area contributed by atoms with Crippen molar-refractivity contribution in [3.63, 3.8) is 0 Å². The number of likely N-dealkylation sites (N-methyl/N-ethyl adjacent to an activating group) is 7. The molecule has 2 heterocycles. The van der Waals surface area contributed by atoms with Gasteiger partial charge in [-0.1, -0.05) is 102 Å². The van der Waals surface area contributed by atoms with E-state index in [9.17, 15) is 29.1 Å². The van der Waals surface area contributed by atoms with Gasteiger partial charge in [0.2, 0.25) is 65.0 Å². The Bertz CT molecular complexity index is 2580. The van der Waals surface area contributed by atoms with E-state index in [1.165, 1.54) is 94.6 Å². The monoisotopic (exact) mass is 1330 g/mol. The molecule has 0 aromatic rings. The van der Waals surface area contributed by atoms with Crippen LogP contribution in [-0.4, -0.2) is 277 Å². The molecule has 2 aliphatic heterocycles. The molecule has 0 aromatic heterocycles. The summed E-state index contributed by atoms with van der Waals surface area (Å²) in [5.41, 5.74) is 0. The second kappa shape index (κ2) is 38.5. The lowest BCUT2D eigenvalue weighted by molar-refractivity contribution is -0.157. The van der Waals surface area contributed by atoms with Crippen molar-refractivity contribution in [3.05, 3.63) is 12.2 Å². The molecule has 15 atom stereocenters. The molecule has 0 bridgehead atoms. The molecule has 0 saturated carbocycles. The van der Waals surface area contributed by atoms with Crippen molar-refractivity contribution in [1.29, 1.82) is 0 Å². The number of carbonyl (C=O) groups excluding carboxylic acids is 11. The summed E-state index contributed by atoms with van der Waals surface area (Å²) in [5.74, 6) is -10.5. The Hall–Kier alpha value is -6.25. The highest BCUT2D eigenvalue weighted by atomic mass is 16.5. The molecule has 0 spiro atoms. The highest BCUT2D eigenvalue weighted by molar-refractivity contribution is 6.00. The number of allylic oxidation sites excluding steroid dienone is 2. The quantitative estimate of drug-likeness (QED) is 0.123. The van der Waals surface area contributed by atoms with Crippen LogP contribution in [0.25, 0.3) is 0 Å². The lowest BCUT2D eigenvalue weighted by Gasteiger charge is -2.41. The smallest absolute Gasteiger partial charge is 0.246 e.